The highest BCUT2D eigenvalue weighted by Gasteiger charge is 2.31. The average Bonchev–Trinajstić information content (AvgIpc) is 3.05. The number of hydrogen-bond acceptors (Lipinski definition) is 5. The molecule has 5 rings (SSSR count). The fourth-order valence-corrected chi connectivity index (χ4v) is 6.65. The molecular formula is C25H32F3N4O2S+. The summed E-state index contributed by atoms with van der Waals surface area (Å²) in [6.07, 6.45) is 1.24. The summed E-state index contributed by atoms with van der Waals surface area (Å²) in [7, 11) is -1.05. The lowest BCUT2D eigenvalue weighted by molar-refractivity contribution is -0.137. The van der Waals surface area contributed by atoms with Gasteiger partial charge in [0.25, 0.3) is 0 Å². The van der Waals surface area contributed by atoms with Crippen molar-refractivity contribution in [2.45, 2.75) is 68.1 Å². The molecule has 6 nitrogen and oxygen atoms in total. The van der Waals surface area contributed by atoms with Gasteiger partial charge in [-0.2, -0.15) is 13.2 Å². The first-order valence-corrected chi connectivity index (χ1v) is 13.8. The molecule has 10 heteroatoms. The van der Waals surface area contributed by atoms with Crippen LogP contribution in [0.3, 0.4) is 0 Å². The summed E-state index contributed by atoms with van der Waals surface area (Å²) < 4.78 is 55.8. The fourth-order valence-electron chi connectivity index (χ4n) is 5.27. The van der Waals surface area contributed by atoms with E-state index in [1.165, 1.54) is 12.1 Å². The summed E-state index contributed by atoms with van der Waals surface area (Å²) >= 11 is 0. The SMILES string of the molecule is O=S1CCc2nc(N3CCC(c4ccc(C(F)(F)F)cc4)CC3)nc(CN[C@@H]3CCC[OH+]CC3)c21. The van der Waals surface area contributed by atoms with E-state index in [-0.39, 0.29) is 5.92 Å². The average molecular weight is 510 g/mol. The summed E-state index contributed by atoms with van der Waals surface area (Å²) in [5.41, 5.74) is 2.07. The number of fused-ring (bicyclic) bond motifs is 1. The number of aryl methyl sites for hydroxylation is 1. The van der Waals surface area contributed by atoms with Crippen molar-refractivity contribution < 1.29 is 22.1 Å². The largest absolute Gasteiger partial charge is 0.434 e. The van der Waals surface area contributed by atoms with Crippen LogP contribution in [0.15, 0.2) is 29.2 Å². The highest BCUT2D eigenvalue weighted by atomic mass is 32.2. The van der Waals surface area contributed by atoms with Crippen LogP contribution in [0.25, 0.3) is 0 Å². The molecule has 0 aliphatic carbocycles. The van der Waals surface area contributed by atoms with E-state index in [0.717, 1.165) is 80.3 Å². The number of benzene rings is 1. The van der Waals surface area contributed by atoms with Crippen molar-refractivity contribution in [2.75, 3.05) is 37.0 Å². The summed E-state index contributed by atoms with van der Waals surface area (Å²) in [6, 6.07) is 5.95. The second-order valence-corrected chi connectivity index (χ2v) is 11.1. The van der Waals surface area contributed by atoms with Crippen molar-refractivity contribution in [1.29, 1.82) is 0 Å². The minimum absolute atomic E-state index is 0.220. The summed E-state index contributed by atoms with van der Waals surface area (Å²) in [5.74, 6) is 1.50. The zero-order valence-electron chi connectivity index (χ0n) is 19.7. The molecule has 0 bridgehead atoms. The fraction of sp³-hybridized carbons (Fsp3) is 0.600. The highest BCUT2D eigenvalue weighted by Crippen LogP contribution is 2.34. The zero-order valence-corrected chi connectivity index (χ0v) is 20.5. The van der Waals surface area contributed by atoms with Gasteiger partial charge in [0.15, 0.2) is 0 Å². The van der Waals surface area contributed by atoms with Crippen LogP contribution in [0.2, 0.25) is 0 Å². The number of ether oxygens (including phenoxy) is 1. The summed E-state index contributed by atoms with van der Waals surface area (Å²) in [5, 5.41) is 3.62. The molecule has 2 fully saturated rings. The Morgan fingerprint density at radius 2 is 1.83 bits per heavy atom. The van der Waals surface area contributed by atoms with Gasteiger partial charge in [-0.1, -0.05) is 12.1 Å². The van der Waals surface area contributed by atoms with E-state index in [1.807, 2.05) is 0 Å². The van der Waals surface area contributed by atoms with Gasteiger partial charge < -0.3 is 15.0 Å². The number of anilines is 1. The van der Waals surface area contributed by atoms with Crippen molar-refractivity contribution in [3.05, 3.63) is 46.8 Å². The topological polar surface area (TPSA) is 70.9 Å². The Morgan fingerprint density at radius 3 is 2.57 bits per heavy atom. The molecule has 1 aromatic carbocycles. The number of aromatic nitrogens is 2. The number of halogens is 3. The van der Waals surface area contributed by atoms with Crippen LogP contribution >= 0.6 is 0 Å². The number of rotatable bonds is 5. The standard InChI is InChI=1S/C25H31F3N4O2S/c26-25(27,28)19-5-3-17(4-6-19)18-7-11-32(12-8-18)24-30-21-10-15-35(33)23(21)22(31-24)16-29-20-2-1-13-34-14-9-20/h3-6,18,20,29H,1-2,7-16H2/p+1/t20-,35?/m1/s1. The maximum absolute atomic E-state index is 12.9. The number of hydrogen-bond donors (Lipinski definition) is 1. The maximum Gasteiger partial charge on any atom is 0.416 e. The molecule has 1 aromatic heterocycles. The van der Waals surface area contributed by atoms with Crippen LogP contribution in [-0.2, 0) is 29.9 Å². The molecular weight excluding hydrogens is 477 g/mol. The number of piperidine rings is 1. The van der Waals surface area contributed by atoms with Crippen LogP contribution < -0.4 is 10.2 Å². The van der Waals surface area contributed by atoms with E-state index in [1.54, 1.807) is 12.1 Å². The molecule has 0 spiro atoms. The van der Waals surface area contributed by atoms with Gasteiger partial charge in [0, 0.05) is 50.7 Å². The Labute approximate surface area is 206 Å². The molecule has 1 unspecified atom stereocenters. The van der Waals surface area contributed by atoms with E-state index in [2.05, 4.69) is 15.0 Å². The van der Waals surface area contributed by atoms with Crippen molar-refractivity contribution in [1.82, 2.24) is 15.3 Å². The molecule has 2 aromatic rings. The van der Waals surface area contributed by atoms with Gasteiger partial charge in [0.1, 0.15) is 13.2 Å². The summed E-state index contributed by atoms with van der Waals surface area (Å²) in [4.78, 5) is 12.6. The number of alkyl halides is 3. The Bertz CT molecular complexity index is 1050. The predicted octanol–water partition coefficient (Wildman–Crippen LogP) is 3.71. The molecule has 190 valence electrons. The van der Waals surface area contributed by atoms with E-state index in [4.69, 9.17) is 9.97 Å². The predicted molar refractivity (Wildman–Crippen MR) is 129 cm³/mol. The van der Waals surface area contributed by atoms with Crippen LogP contribution in [0.5, 0.6) is 0 Å². The van der Waals surface area contributed by atoms with Gasteiger partial charge in [-0.3, -0.25) is 4.21 Å². The molecule has 2 saturated heterocycles. The smallest absolute Gasteiger partial charge is 0.416 e. The minimum Gasteiger partial charge on any atom is -0.434 e. The lowest BCUT2D eigenvalue weighted by Gasteiger charge is -2.32. The quantitative estimate of drug-likeness (QED) is 0.623. The second-order valence-electron chi connectivity index (χ2n) is 9.61. The lowest BCUT2D eigenvalue weighted by Crippen LogP contribution is -2.35. The third-order valence-electron chi connectivity index (χ3n) is 7.30. The minimum atomic E-state index is -4.31. The normalized spacial score (nSPS) is 23.8. The van der Waals surface area contributed by atoms with Crippen molar-refractivity contribution in [2.24, 2.45) is 0 Å². The van der Waals surface area contributed by atoms with Crippen molar-refractivity contribution >= 4 is 16.7 Å². The third kappa shape index (κ3) is 5.70. The second kappa shape index (κ2) is 10.5. The molecule has 2 atom stereocenters. The highest BCUT2D eigenvalue weighted by molar-refractivity contribution is 7.85. The van der Waals surface area contributed by atoms with Crippen molar-refractivity contribution in [3.63, 3.8) is 0 Å². The van der Waals surface area contributed by atoms with Gasteiger partial charge >= 0.3 is 6.18 Å². The monoisotopic (exact) mass is 509 g/mol. The van der Waals surface area contributed by atoms with Gasteiger partial charge in [0.2, 0.25) is 5.95 Å². The van der Waals surface area contributed by atoms with Gasteiger partial charge in [0.05, 0.1) is 32.6 Å². The van der Waals surface area contributed by atoms with Crippen LogP contribution in [0, 0.1) is 0 Å². The zero-order chi connectivity index (χ0) is 24.4. The molecule has 2 N–H and O–H groups in total. The molecule has 0 amide bonds. The van der Waals surface area contributed by atoms with Gasteiger partial charge in [-0.05, 0) is 42.9 Å². The van der Waals surface area contributed by atoms with Crippen LogP contribution in [-0.4, -0.2) is 57.0 Å². The van der Waals surface area contributed by atoms with E-state index < -0.39 is 22.5 Å². The molecule has 4 heterocycles. The first-order valence-electron chi connectivity index (χ1n) is 12.5. The van der Waals surface area contributed by atoms with E-state index in [0.29, 0.717) is 30.7 Å². The Morgan fingerprint density at radius 1 is 1.06 bits per heavy atom. The molecule has 3 aliphatic rings. The Balaban J connectivity index is 1.27. The van der Waals surface area contributed by atoms with Crippen molar-refractivity contribution in [3.8, 4) is 0 Å². The van der Waals surface area contributed by atoms with E-state index >= 15 is 0 Å². The number of nitrogens with zero attached hydrogens (tertiary/aromatic N) is 3. The molecule has 3 aliphatic heterocycles. The van der Waals surface area contributed by atoms with Crippen LogP contribution in [0.1, 0.15) is 60.5 Å². The van der Waals surface area contributed by atoms with Gasteiger partial charge in [-0.15, -0.1) is 0 Å². The van der Waals surface area contributed by atoms with E-state index in [9.17, 15) is 17.4 Å². The third-order valence-corrected chi connectivity index (χ3v) is 8.80. The Hall–Kier alpha value is -2.04. The molecule has 0 radical (unpaired) electrons. The Kier molecular flexibility index (Phi) is 7.41. The molecule has 35 heavy (non-hydrogen) atoms. The number of aliphatic hydroxyl groups is 2. The lowest BCUT2D eigenvalue weighted by atomic mass is 9.89. The molecule has 0 saturated carbocycles. The maximum atomic E-state index is 12.9. The van der Waals surface area contributed by atoms with Gasteiger partial charge in [-0.25, -0.2) is 9.97 Å². The first kappa shape index (κ1) is 24.6. The van der Waals surface area contributed by atoms with Crippen LogP contribution in [0.4, 0.5) is 19.1 Å². The number of nitrogens with one attached hydrogen (secondary N) is 1. The summed E-state index contributed by atoms with van der Waals surface area (Å²) in [6.45, 7) is 3.87. The first-order chi connectivity index (χ1) is 16.9.